The van der Waals surface area contributed by atoms with Gasteiger partial charge in [0.1, 0.15) is 0 Å². The fourth-order valence-electron chi connectivity index (χ4n) is 2.18. The molecule has 0 heterocycles. The zero-order valence-electron chi connectivity index (χ0n) is 11.7. The van der Waals surface area contributed by atoms with Gasteiger partial charge in [0.25, 0.3) is 0 Å². The molecule has 1 aromatic carbocycles. The first-order valence-corrected chi connectivity index (χ1v) is 6.95. The molecule has 0 radical (unpaired) electrons. The van der Waals surface area contributed by atoms with Gasteiger partial charge in [0.15, 0.2) is 5.78 Å². The molecule has 0 saturated heterocycles. The van der Waals surface area contributed by atoms with Gasteiger partial charge in [0.05, 0.1) is 0 Å². The van der Waals surface area contributed by atoms with Crippen molar-refractivity contribution in [1.82, 2.24) is 0 Å². The summed E-state index contributed by atoms with van der Waals surface area (Å²) in [5, 5.41) is 8.54. The Hall–Kier alpha value is -1.64. The molecule has 0 unspecified atom stereocenters. The number of hydrogen-bond acceptors (Lipinski definition) is 2. The Balaban J connectivity index is 2.59. The lowest BCUT2D eigenvalue weighted by Gasteiger charge is -2.08. The van der Waals surface area contributed by atoms with E-state index in [9.17, 15) is 9.59 Å². The van der Waals surface area contributed by atoms with Crippen molar-refractivity contribution in [2.45, 2.75) is 52.4 Å². The first-order valence-electron chi connectivity index (χ1n) is 6.95. The van der Waals surface area contributed by atoms with Crippen LogP contribution in [0.25, 0.3) is 0 Å². The van der Waals surface area contributed by atoms with Gasteiger partial charge in [-0.3, -0.25) is 9.59 Å². The lowest BCUT2D eigenvalue weighted by atomic mass is 9.96. The fourth-order valence-corrected chi connectivity index (χ4v) is 2.18. The second-order valence-electron chi connectivity index (χ2n) is 4.71. The van der Waals surface area contributed by atoms with Gasteiger partial charge in [-0.25, -0.2) is 0 Å². The molecule has 0 saturated carbocycles. The number of carboxylic acids is 1. The molecule has 0 bridgehead atoms. The van der Waals surface area contributed by atoms with Crippen molar-refractivity contribution < 1.29 is 14.7 Å². The highest BCUT2D eigenvalue weighted by Gasteiger charge is 2.08. The topological polar surface area (TPSA) is 54.4 Å². The van der Waals surface area contributed by atoms with Gasteiger partial charge in [-0.15, -0.1) is 0 Å². The van der Waals surface area contributed by atoms with Gasteiger partial charge >= 0.3 is 5.97 Å². The maximum Gasteiger partial charge on any atom is 0.303 e. The standard InChI is InChI=1S/C16H22O3/c1-3-12-9-10-14(11-13(12)4-2)15(17)7-5-6-8-16(18)19/h9-11H,3-8H2,1-2H3,(H,18,19). The van der Waals surface area contributed by atoms with Gasteiger partial charge in [-0.2, -0.15) is 0 Å². The molecule has 0 fully saturated rings. The molecule has 3 heteroatoms. The van der Waals surface area contributed by atoms with E-state index in [-0.39, 0.29) is 12.2 Å². The van der Waals surface area contributed by atoms with Crippen LogP contribution in [-0.2, 0) is 17.6 Å². The summed E-state index contributed by atoms with van der Waals surface area (Å²) in [6, 6.07) is 5.90. The number of carbonyl (C=O) groups is 2. The Morgan fingerprint density at radius 3 is 2.21 bits per heavy atom. The number of aliphatic carboxylic acids is 1. The van der Waals surface area contributed by atoms with Crippen molar-refractivity contribution in [2.24, 2.45) is 0 Å². The van der Waals surface area contributed by atoms with Crippen LogP contribution in [0.2, 0.25) is 0 Å². The first kappa shape index (κ1) is 15.4. The summed E-state index contributed by atoms with van der Waals surface area (Å²) in [6.07, 6.45) is 3.70. The number of carbonyl (C=O) groups excluding carboxylic acids is 1. The van der Waals surface area contributed by atoms with Crippen LogP contribution in [0.3, 0.4) is 0 Å². The molecule has 0 aliphatic carbocycles. The fraction of sp³-hybridized carbons (Fsp3) is 0.500. The Morgan fingerprint density at radius 1 is 1.00 bits per heavy atom. The molecular weight excluding hydrogens is 240 g/mol. The summed E-state index contributed by atoms with van der Waals surface area (Å²) in [7, 11) is 0. The molecular formula is C16H22O3. The van der Waals surface area contributed by atoms with Crippen molar-refractivity contribution >= 4 is 11.8 Å². The lowest BCUT2D eigenvalue weighted by Crippen LogP contribution is -2.02. The molecule has 19 heavy (non-hydrogen) atoms. The van der Waals surface area contributed by atoms with E-state index in [1.54, 1.807) is 0 Å². The maximum absolute atomic E-state index is 12.0. The number of aryl methyl sites for hydroxylation is 2. The summed E-state index contributed by atoms with van der Waals surface area (Å²) in [5.74, 6) is -0.684. The van der Waals surface area contributed by atoms with Crippen LogP contribution in [-0.4, -0.2) is 16.9 Å². The highest BCUT2D eigenvalue weighted by Crippen LogP contribution is 2.16. The minimum atomic E-state index is -0.798. The molecule has 3 nitrogen and oxygen atoms in total. The molecule has 0 atom stereocenters. The van der Waals surface area contributed by atoms with Crippen LogP contribution in [0.1, 0.15) is 61.0 Å². The van der Waals surface area contributed by atoms with Crippen LogP contribution >= 0.6 is 0 Å². The number of Topliss-reactive ketones (excluding diaryl/α,β-unsaturated/α-hetero) is 1. The van der Waals surface area contributed by atoms with E-state index >= 15 is 0 Å². The monoisotopic (exact) mass is 262 g/mol. The highest BCUT2D eigenvalue weighted by molar-refractivity contribution is 5.96. The average molecular weight is 262 g/mol. The zero-order chi connectivity index (χ0) is 14.3. The van der Waals surface area contributed by atoms with E-state index < -0.39 is 5.97 Å². The maximum atomic E-state index is 12.0. The van der Waals surface area contributed by atoms with E-state index in [0.29, 0.717) is 19.3 Å². The van der Waals surface area contributed by atoms with Crippen molar-refractivity contribution in [3.05, 3.63) is 34.9 Å². The normalized spacial score (nSPS) is 10.4. The van der Waals surface area contributed by atoms with Gasteiger partial charge in [-0.05, 0) is 42.9 Å². The van der Waals surface area contributed by atoms with E-state index in [0.717, 1.165) is 18.4 Å². The highest BCUT2D eigenvalue weighted by atomic mass is 16.4. The number of ketones is 1. The summed E-state index contributed by atoms with van der Waals surface area (Å²) < 4.78 is 0. The molecule has 1 aromatic rings. The number of rotatable bonds is 8. The van der Waals surface area contributed by atoms with E-state index in [1.165, 1.54) is 11.1 Å². The van der Waals surface area contributed by atoms with Gasteiger partial charge < -0.3 is 5.11 Å². The van der Waals surface area contributed by atoms with E-state index in [2.05, 4.69) is 13.8 Å². The summed E-state index contributed by atoms with van der Waals surface area (Å²) >= 11 is 0. The Morgan fingerprint density at radius 2 is 1.63 bits per heavy atom. The van der Waals surface area contributed by atoms with E-state index in [4.69, 9.17) is 5.11 Å². The Labute approximate surface area is 114 Å². The minimum absolute atomic E-state index is 0.114. The zero-order valence-corrected chi connectivity index (χ0v) is 11.7. The quantitative estimate of drug-likeness (QED) is 0.575. The minimum Gasteiger partial charge on any atom is -0.481 e. The molecule has 0 amide bonds. The Kier molecular flexibility index (Phi) is 6.26. The third kappa shape index (κ3) is 4.86. The first-order chi connectivity index (χ1) is 9.08. The third-order valence-electron chi connectivity index (χ3n) is 3.33. The van der Waals surface area contributed by atoms with Crippen LogP contribution in [0.5, 0.6) is 0 Å². The second kappa shape index (κ2) is 7.72. The van der Waals surface area contributed by atoms with Crippen molar-refractivity contribution in [1.29, 1.82) is 0 Å². The average Bonchev–Trinajstić information content (AvgIpc) is 2.42. The smallest absolute Gasteiger partial charge is 0.303 e. The molecule has 104 valence electrons. The van der Waals surface area contributed by atoms with E-state index in [1.807, 2.05) is 18.2 Å². The Bertz CT molecular complexity index is 449. The molecule has 1 rings (SSSR count). The number of carboxylic acid groups (broad SMARTS) is 1. The van der Waals surface area contributed by atoms with Crippen molar-refractivity contribution in [3.8, 4) is 0 Å². The summed E-state index contributed by atoms with van der Waals surface area (Å²) in [5.41, 5.74) is 3.29. The number of hydrogen-bond donors (Lipinski definition) is 1. The van der Waals surface area contributed by atoms with Crippen molar-refractivity contribution in [2.75, 3.05) is 0 Å². The van der Waals surface area contributed by atoms with Crippen LogP contribution in [0, 0.1) is 0 Å². The number of benzene rings is 1. The van der Waals surface area contributed by atoms with Crippen LogP contribution < -0.4 is 0 Å². The molecule has 0 spiro atoms. The second-order valence-corrected chi connectivity index (χ2v) is 4.71. The summed E-state index contributed by atoms with van der Waals surface area (Å²) in [4.78, 5) is 22.4. The predicted molar refractivity (Wildman–Crippen MR) is 75.6 cm³/mol. The van der Waals surface area contributed by atoms with Gasteiger partial charge in [0, 0.05) is 18.4 Å². The summed E-state index contributed by atoms with van der Waals surface area (Å²) in [6.45, 7) is 4.21. The molecule has 1 N–H and O–H groups in total. The van der Waals surface area contributed by atoms with Crippen LogP contribution in [0.15, 0.2) is 18.2 Å². The largest absolute Gasteiger partial charge is 0.481 e. The SMILES string of the molecule is CCc1ccc(C(=O)CCCCC(=O)O)cc1CC. The number of unbranched alkanes of at least 4 members (excludes halogenated alkanes) is 1. The van der Waals surface area contributed by atoms with Gasteiger partial charge in [-0.1, -0.05) is 26.0 Å². The predicted octanol–water partition coefficient (Wildman–Crippen LogP) is 3.64. The molecule has 0 aliphatic rings. The molecule has 0 aliphatic heterocycles. The lowest BCUT2D eigenvalue weighted by molar-refractivity contribution is -0.137. The van der Waals surface area contributed by atoms with Crippen molar-refractivity contribution in [3.63, 3.8) is 0 Å². The van der Waals surface area contributed by atoms with Crippen LogP contribution in [0.4, 0.5) is 0 Å². The molecule has 0 aromatic heterocycles. The third-order valence-corrected chi connectivity index (χ3v) is 3.33. The van der Waals surface area contributed by atoms with Gasteiger partial charge in [0.2, 0.25) is 0 Å².